The molecule has 2 N–H and O–H groups in total. The van der Waals surface area contributed by atoms with E-state index in [0.717, 1.165) is 0 Å². The zero-order valence-corrected chi connectivity index (χ0v) is 15.5. The molecule has 0 aliphatic carbocycles. The van der Waals surface area contributed by atoms with E-state index in [9.17, 15) is 13.2 Å². The number of pyridine rings is 1. The molecule has 8 heteroatoms. The molecule has 0 bridgehead atoms. The third kappa shape index (κ3) is 5.52. The summed E-state index contributed by atoms with van der Waals surface area (Å²) in [7, 11) is -3.83. The van der Waals surface area contributed by atoms with Crippen molar-refractivity contribution < 1.29 is 13.2 Å². The molecule has 0 fully saturated rings. The van der Waals surface area contributed by atoms with Gasteiger partial charge in [-0.2, -0.15) is 4.72 Å². The molecule has 0 radical (unpaired) electrons. The quantitative estimate of drug-likeness (QED) is 0.770. The second kappa shape index (κ2) is 8.42. The summed E-state index contributed by atoms with van der Waals surface area (Å²) in [5.41, 5.74) is 0.693. The fourth-order valence-electron chi connectivity index (χ4n) is 2.13. The lowest BCUT2D eigenvalue weighted by atomic mass is 10.1. The van der Waals surface area contributed by atoms with E-state index in [1.54, 1.807) is 32.2 Å². The highest BCUT2D eigenvalue weighted by Gasteiger charge is 2.28. The van der Waals surface area contributed by atoms with Gasteiger partial charge in [-0.05, 0) is 42.3 Å². The van der Waals surface area contributed by atoms with Crippen molar-refractivity contribution in [1.29, 1.82) is 0 Å². The van der Waals surface area contributed by atoms with Crippen LogP contribution in [0, 0.1) is 5.92 Å². The Morgan fingerprint density at radius 3 is 2.40 bits per heavy atom. The number of rotatable bonds is 7. The molecule has 0 spiro atoms. The minimum absolute atomic E-state index is 0.0556. The molecule has 0 saturated carbocycles. The first-order valence-corrected chi connectivity index (χ1v) is 9.61. The minimum Gasteiger partial charge on any atom is -0.349 e. The molecule has 0 aliphatic heterocycles. The second-order valence-electron chi connectivity index (χ2n) is 5.84. The number of halogens is 1. The van der Waals surface area contributed by atoms with Gasteiger partial charge in [0.25, 0.3) is 0 Å². The van der Waals surface area contributed by atoms with Crippen LogP contribution in [0.4, 0.5) is 0 Å². The third-order valence-corrected chi connectivity index (χ3v) is 5.23. The predicted molar refractivity (Wildman–Crippen MR) is 96.5 cm³/mol. The highest BCUT2D eigenvalue weighted by Crippen LogP contribution is 2.15. The molecule has 0 unspecified atom stereocenters. The average molecular weight is 382 g/mol. The summed E-state index contributed by atoms with van der Waals surface area (Å²) < 4.78 is 27.4. The number of carbonyl (C=O) groups is 1. The third-order valence-electron chi connectivity index (χ3n) is 3.53. The maximum absolute atomic E-state index is 12.5. The number of benzene rings is 1. The summed E-state index contributed by atoms with van der Waals surface area (Å²) >= 11 is 5.78. The summed E-state index contributed by atoms with van der Waals surface area (Å²) in [6, 6.07) is 10.2. The molecular weight excluding hydrogens is 362 g/mol. The molecular formula is C17H20ClN3O3S. The Hall–Kier alpha value is -1.96. The molecule has 0 saturated heterocycles. The van der Waals surface area contributed by atoms with Crippen LogP contribution < -0.4 is 10.0 Å². The van der Waals surface area contributed by atoms with Crippen LogP contribution in [0.15, 0.2) is 53.6 Å². The number of amides is 1. The lowest BCUT2D eigenvalue weighted by molar-refractivity contribution is -0.123. The maximum atomic E-state index is 12.5. The summed E-state index contributed by atoms with van der Waals surface area (Å²) in [5, 5.41) is 3.15. The molecule has 134 valence electrons. The van der Waals surface area contributed by atoms with Crippen LogP contribution in [0.25, 0.3) is 0 Å². The largest absolute Gasteiger partial charge is 0.349 e. The zero-order chi connectivity index (χ0) is 18.4. The van der Waals surface area contributed by atoms with Crippen LogP contribution in [-0.4, -0.2) is 25.4 Å². The number of aromatic nitrogens is 1. The molecule has 2 aromatic rings. The number of hydrogen-bond acceptors (Lipinski definition) is 4. The van der Waals surface area contributed by atoms with Crippen LogP contribution in [0.3, 0.4) is 0 Å². The average Bonchev–Trinajstić information content (AvgIpc) is 2.58. The van der Waals surface area contributed by atoms with Crippen LogP contribution >= 0.6 is 11.6 Å². The SMILES string of the molecule is CC(C)[C@@H](NS(=O)(=O)c1ccc(Cl)cc1)C(=O)NCc1ccccn1. The Balaban J connectivity index is 2.09. The Kier molecular flexibility index (Phi) is 6.52. The van der Waals surface area contributed by atoms with E-state index in [2.05, 4.69) is 15.0 Å². The van der Waals surface area contributed by atoms with E-state index in [-0.39, 0.29) is 17.4 Å². The molecule has 0 aliphatic rings. The van der Waals surface area contributed by atoms with Gasteiger partial charge in [0.15, 0.2) is 0 Å². The van der Waals surface area contributed by atoms with Crippen LogP contribution in [0.2, 0.25) is 5.02 Å². The molecule has 1 heterocycles. The smallest absolute Gasteiger partial charge is 0.241 e. The lowest BCUT2D eigenvalue weighted by Crippen LogP contribution is -2.49. The fourth-order valence-corrected chi connectivity index (χ4v) is 3.60. The van der Waals surface area contributed by atoms with E-state index >= 15 is 0 Å². The number of nitrogens with one attached hydrogen (secondary N) is 2. The summed E-state index contributed by atoms with van der Waals surface area (Å²) in [5.74, 6) is -0.635. The number of hydrogen-bond donors (Lipinski definition) is 2. The van der Waals surface area contributed by atoms with Crippen molar-refractivity contribution in [3.05, 3.63) is 59.4 Å². The highest BCUT2D eigenvalue weighted by atomic mass is 35.5. The zero-order valence-electron chi connectivity index (χ0n) is 13.9. The predicted octanol–water partition coefficient (Wildman–Crippen LogP) is 2.35. The molecule has 1 amide bonds. The normalized spacial score (nSPS) is 12.8. The fraction of sp³-hybridized carbons (Fsp3) is 0.294. The van der Waals surface area contributed by atoms with Gasteiger partial charge in [-0.1, -0.05) is 31.5 Å². The van der Waals surface area contributed by atoms with Crippen molar-refractivity contribution in [2.24, 2.45) is 5.92 Å². The minimum atomic E-state index is -3.83. The van der Waals surface area contributed by atoms with Gasteiger partial charge in [-0.25, -0.2) is 8.42 Å². The molecule has 1 aromatic heterocycles. The van der Waals surface area contributed by atoms with E-state index in [1.807, 2.05) is 6.07 Å². The lowest BCUT2D eigenvalue weighted by Gasteiger charge is -2.21. The van der Waals surface area contributed by atoms with Gasteiger partial charge in [0.1, 0.15) is 6.04 Å². The summed E-state index contributed by atoms with van der Waals surface area (Å²) in [6.45, 7) is 3.77. The molecule has 1 aromatic carbocycles. The number of sulfonamides is 1. The first-order valence-electron chi connectivity index (χ1n) is 7.75. The van der Waals surface area contributed by atoms with Gasteiger partial charge in [-0.15, -0.1) is 0 Å². The number of nitrogens with zero attached hydrogens (tertiary/aromatic N) is 1. The first-order chi connectivity index (χ1) is 11.8. The van der Waals surface area contributed by atoms with Gasteiger partial charge in [-0.3, -0.25) is 9.78 Å². The van der Waals surface area contributed by atoms with E-state index in [1.165, 1.54) is 24.3 Å². The summed E-state index contributed by atoms with van der Waals surface area (Å²) in [6.07, 6.45) is 1.63. The monoisotopic (exact) mass is 381 g/mol. The van der Waals surface area contributed by atoms with E-state index in [0.29, 0.717) is 10.7 Å². The molecule has 1 atom stereocenters. The molecule has 2 rings (SSSR count). The Morgan fingerprint density at radius 1 is 1.16 bits per heavy atom. The van der Waals surface area contributed by atoms with Crippen molar-refractivity contribution in [1.82, 2.24) is 15.0 Å². The Bertz CT molecular complexity index is 809. The molecule has 6 nitrogen and oxygen atoms in total. The van der Waals surface area contributed by atoms with Crippen LogP contribution in [0.5, 0.6) is 0 Å². The van der Waals surface area contributed by atoms with Crippen molar-refractivity contribution in [3.8, 4) is 0 Å². The van der Waals surface area contributed by atoms with Crippen molar-refractivity contribution >= 4 is 27.5 Å². The van der Waals surface area contributed by atoms with Crippen LogP contribution in [-0.2, 0) is 21.4 Å². The summed E-state index contributed by atoms with van der Waals surface area (Å²) in [4.78, 5) is 16.6. The standard InChI is InChI=1S/C17H20ClN3O3S/c1-12(2)16(17(22)20-11-14-5-3-4-10-19-14)21-25(23,24)15-8-6-13(18)7-9-15/h3-10,12,16,21H,11H2,1-2H3,(H,20,22)/t16-/m1/s1. The van der Waals surface area contributed by atoms with Crippen molar-refractivity contribution in [2.75, 3.05) is 0 Å². The van der Waals surface area contributed by atoms with Gasteiger partial charge >= 0.3 is 0 Å². The van der Waals surface area contributed by atoms with Crippen LogP contribution in [0.1, 0.15) is 19.5 Å². The Morgan fingerprint density at radius 2 is 1.84 bits per heavy atom. The van der Waals surface area contributed by atoms with Gasteiger partial charge in [0.05, 0.1) is 17.1 Å². The van der Waals surface area contributed by atoms with E-state index < -0.39 is 22.0 Å². The maximum Gasteiger partial charge on any atom is 0.241 e. The van der Waals surface area contributed by atoms with Gasteiger partial charge < -0.3 is 5.32 Å². The van der Waals surface area contributed by atoms with Crippen molar-refractivity contribution in [2.45, 2.75) is 31.3 Å². The highest BCUT2D eigenvalue weighted by molar-refractivity contribution is 7.89. The topological polar surface area (TPSA) is 88.2 Å². The molecule has 25 heavy (non-hydrogen) atoms. The van der Waals surface area contributed by atoms with E-state index in [4.69, 9.17) is 11.6 Å². The second-order valence-corrected chi connectivity index (χ2v) is 7.99. The van der Waals surface area contributed by atoms with Gasteiger partial charge in [0.2, 0.25) is 15.9 Å². The number of carbonyl (C=O) groups excluding carboxylic acids is 1. The van der Waals surface area contributed by atoms with Gasteiger partial charge in [0, 0.05) is 11.2 Å². The van der Waals surface area contributed by atoms with Crippen molar-refractivity contribution in [3.63, 3.8) is 0 Å². The Labute approximate surface area is 152 Å². The first kappa shape index (κ1) is 19.4.